The highest BCUT2D eigenvalue weighted by atomic mass is 32.2. The molecule has 0 saturated carbocycles. The van der Waals surface area contributed by atoms with Gasteiger partial charge in [-0.3, -0.25) is 9.69 Å². The predicted molar refractivity (Wildman–Crippen MR) is 94.8 cm³/mol. The highest BCUT2D eigenvalue weighted by molar-refractivity contribution is 8.00. The summed E-state index contributed by atoms with van der Waals surface area (Å²) >= 11 is 2.92. The first-order valence-electron chi connectivity index (χ1n) is 7.21. The third kappa shape index (κ3) is 3.71. The number of carbonyl (C=O) groups excluding carboxylic acids is 1. The molecular weight excluding hydrogens is 331 g/mol. The molecule has 1 aromatic heterocycles. The predicted octanol–water partition coefficient (Wildman–Crippen LogP) is 4.58. The molecule has 0 bridgehead atoms. The molecule has 0 aliphatic carbocycles. The van der Waals surface area contributed by atoms with E-state index in [1.165, 1.54) is 35.2 Å². The normalized spacial score (nSPS) is 10.9. The average Bonchev–Trinajstić information content (AvgIpc) is 2.98. The summed E-state index contributed by atoms with van der Waals surface area (Å²) < 4.78 is 14.0. The van der Waals surface area contributed by atoms with Crippen LogP contribution < -0.4 is 4.90 Å². The van der Waals surface area contributed by atoms with Crippen LogP contribution in [-0.2, 0) is 4.79 Å². The lowest BCUT2D eigenvalue weighted by atomic mass is 10.3. The summed E-state index contributed by atoms with van der Waals surface area (Å²) in [6.07, 6.45) is 0. The molecule has 3 aromatic rings. The van der Waals surface area contributed by atoms with Crippen molar-refractivity contribution in [3.63, 3.8) is 0 Å². The van der Waals surface area contributed by atoms with Gasteiger partial charge in [-0.25, -0.2) is 9.37 Å². The molecule has 3 nitrogen and oxygen atoms in total. The van der Waals surface area contributed by atoms with Crippen molar-refractivity contribution in [2.24, 2.45) is 0 Å². The fourth-order valence-electron chi connectivity index (χ4n) is 2.15. The summed E-state index contributed by atoms with van der Waals surface area (Å²) in [4.78, 5) is 19.6. The monoisotopic (exact) mass is 346 g/mol. The van der Waals surface area contributed by atoms with Gasteiger partial charge in [-0.15, -0.1) is 11.8 Å². The summed E-state index contributed by atoms with van der Waals surface area (Å²) in [5.41, 5.74) is 0.907. The van der Waals surface area contributed by atoms with Crippen LogP contribution in [0.4, 0.5) is 9.52 Å². The second-order valence-electron chi connectivity index (χ2n) is 4.84. The number of hydrogen-bond acceptors (Lipinski definition) is 4. The maximum atomic E-state index is 12.9. The van der Waals surface area contributed by atoms with Crippen LogP contribution in [-0.4, -0.2) is 23.2 Å². The maximum Gasteiger partial charge on any atom is 0.239 e. The second kappa shape index (κ2) is 7.10. The highest BCUT2D eigenvalue weighted by Crippen LogP contribution is 2.29. The van der Waals surface area contributed by atoms with Crippen molar-refractivity contribution in [1.82, 2.24) is 4.98 Å². The molecule has 0 saturated heterocycles. The zero-order valence-electron chi connectivity index (χ0n) is 12.5. The quantitative estimate of drug-likeness (QED) is 0.634. The van der Waals surface area contributed by atoms with Gasteiger partial charge in [0.1, 0.15) is 5.82 Å². The van der Waals surface area contributed by atoms with Gasteiger partial charge in [0.25, 0.3) is 0 Å². The summed E-state index contributed by atoms with van der Waals surface area (Å²) in [6.45, 7) is 2.51. The van der Waals surface area contributed by atoms with E-state index in [1.807, 2.05) is 31.2 Å². The first kappa shape index (κ1) is 16.0. The van der Waals surface area contributed by atoms with Gasteiger partial charge in [-0.05, 0) is 43.3 Å². The Balaban J connectivity index is 1.72. The number of anilines is 1. The van der Waals surface area contributed by atoms with Gasteiger partial charge in [-0.2, -0.15) is 0 Å². The smallest absolute Gasteiger partial charge is 0.239 e. The first-order valence-corrected chi connectivity index (χ1v) is 9.02. The second-order valence-corrected chi connectivity index (χ2v) is 6.90. The lowest BCUT2D eigenvalue weighted by molar-refractivity contribution is -0.116. The number of carbonyl (C=O) groups is 1. The number of para-hydroxylation sites is 1. The maximum absolute atomic E-state index is 12.9. The number of thiazole rings is 1. The van der Waals surface area contributed by atoms with E-state index in [9.17, 15) is 9.18 Å². The summed E-state index contributed by atoms with van der Waals surface area (Å²) in [5.74, 6) is 0.0290. The Bertz CT molecular complexity index is 784. The van der Waals surface area contributed by atoms with E-state index in [4.69, 9.17) is 0 Å². The van der Waals surface area contributed by atoms with E-state index < -0.39 is 0 Å². The fraction of sp³-hybridized carbons (Fsp3) is 0.176. The molecule has 0 aliphatic heterocycles. The molecule has 0 radical (unpaired) electrons. The Morgan fingerprint density at radius 2 is 1.96 bits per heavy atom. The minimum absolute atomic E-state index is 0.000816. The molecule has 0 atom stereocenters. The molecular formula is C17H15FN2OS2. The molecule has 0 N–H and O–H groups in total. The number of fused-ring (bicyclic) bond motifs is 1. The van der Waals surface area contributed by atoms with Crippen LogP contribution >= 0.6 is 23.1 Å². The topological polar surface area (TPSA) is 33.2 Å². The Morgan fingerprint density at radius 1 is 1.22 bits per heavy atom. The molecule has 0 spiro atoms. The van der Waals surface area contributed by atoms with Gasteiger partial charge in [0.15, 0.2) is 5.13 Å². The van der Waals surface area contributed by atoms with Crippen LogP contribution in [0.1, 0.15) is 6.92 Å². The average molecular weight is 346 g/mol. The van der Waals surface area contributed by atoms with E-state index in [0.717, 1.165) is 20.2 Å². The molecule has 2 aromatic carbocycles. The van der Waals surface area contributed by atoms with Crippen LogP contribution in [0, 0.1) is 5.82 Å². The van der Waals surface area contributed by atoms with E-state index in [-0.39, 0.29) is 11.7 Å². The van der Waals surface area contributed by atoms with Crippen molar-refractivity contribution in [3.8, 4) is 0 Å². The Kier molecular flexibility index (Phi) is 4.93. The molecule has 118 valence electrons. The third-order valence-corrected chi connectivity index (χ3v) is 5.36. The number of rotatable bonds is 5. The number of nitrogens with zero attached hydrogens (tertiary/aromatic N) is 2. The molecule has 0 fully saturated rings. The summed E-state index contributed by atoms with van der Waals surface area (Å²) in [6, 6.07) is 14.0. The number of aromatic nitrogens is 1. The zero-order chi connectivity index (χ0) is 16.2. The number of halogens is 1. The molecule has 3 rings (SSSR count). The van der Waals surface area contributed by atoms with Crippen molar-refractivity contribution in [2.75, 3.05) is 17.2 Å². The Labute approximate surface area is 142 Å². The molecule has 0 aliphatic rings. The minimum Gasteiger partial charge on any atom is -0.288 e. The van der Waals surface area contributed by atoms with Crippen LogP contribution in [0.15, 0.2) is 53.4 Å². The minimum atomic E-state index is -0.273. The standard InChI is InChI=1S/C17H15FN2OS2/c1-2-20(17-19-14-5-3-4-6-15(14)23-17)16(21)11-22-13-9-7-12(18)8-10-13/h3-10H,2,11H2,1H3. The number of benzene rings is 2. The summed E-state index contributed by atoms with van der Waals surface area (Å²) in [5, 5.41) is 0.721. The van der Waals surface area contributed by atoms with Crippen molar-refractivity contribution in [3.05, 3.63) is 54.3 Å². The van der Waals surface area contributed by atoms with Gasteiger partial charge >= 0.3 is 0 Å². The Hall–Kier alpha value is -1.92. The van der Waals surface area contributed by atoms with E-state index in [1.54, 1.807) is 17.0 Å². The van der Waals surface area contributed by atoms with E-state index >= 15 is 0 Å². The lowest BCUT2D eigenvalue weighted by Crippen LogP contribution is -2.31. The highest BCUT2D eigenvalue weighted by Gasteiger charge is 2.18. The van der Waals surface area contributed by atoms with E-state index in [0.29, 0.717) is 12.3 Å². The first-order chi connectivity index (χ1) is 11.2. The van der Waals surface area contributed by atoms with Crippen LogP contribution in [0.2, 0.25) is 0 Å². The van der Waals surface area contributed by atoms with Gasteiger partial charge in [0.05, 0.1) is 16.0 Å². The van der Waals surface area contributed by atoms with Crippen molar-refractivity contribution in [1.29, 1.82) is 0 Å². The number of hydrogen-bond donors (Lipinski definition) is 0. The van der Waals surface area contributed by atoms with Crippen LogP contribution in [0.5, 0.6) is 0 Å². The van der Waals surface area contributed by atoms with Gasteiger partial charge in [0, 0.05) is 11.4 Å². The van der Waals surface area contributed by atoms with Gasteiger partial charge in [0.2, 0.25) is 5.91 Å². The van der Waals surface area contributed by atoms with Gasteiger partial charge in [-0.1, -0.05) is 23.5 Å². The zero-order valence-corrected chi connectivity index (χ0v) is 14.2. The van der Waals surface area contributed by atoms with Crippen LogP contribution in [0.3, 0.4) is 0 Å². The lowest BCUT2D eigenvalue weighted by Gasteiger charge is -2.17. The summed E-state index contributed by atoms with van der Waals surface area (Å²) in [7, 11) is 0. The molecule has 0 unspecified atom stereocenters. The van der Waals surface area contributed by atoms with Crippen molar-refractivity contribution in [2.45, 2.75) is 11.8 Å². The Morgan fingerprint density at radius 3 is 2.65 bits per heavy atom. The number of amides is 1. The third-order valence-electron chi connectivity index (χ3n) is 3.31. The SMILES string of the molecule is CCN(C(=O)CSc1ccc(F)cc1)c1nc2ccccc2s1. The molecule has 6 heteroatoms. The van der Waals surface area contributed by atoms with Crippen molar-refractivity contribution >= 4 is 44.4 Å². The van der Waals surface area contributed by atoms with Gasteiger partial charge < -0.3 is 0 Å². The molecule has 1 heterocycles. The van der Waals surface area contributed by atoms with E-state index in [2.05, 4.69) is 4.98 Å². The fourth-order valence-corrected chi connectivity index (χ4v) is 3.97. The number of thioether (sulfide) groups is 1. The largest absolute Gasteiger partial charge is 0.288 e. The molecule has 1 amide bonds. The van der Waals surface area contributed by atoms with Crippen LogP contribution in [0.25, 0.3) is 10.2 Å². The molecule has 23 heavy (non-hydrogen) atoms. The van der Waals surface area contributed by atoms with Crippen molar-refractivity contribution < 1.29 is 9.18 Å².